The van der Waals surface area contributed by atoms with Gasteiger partial charge in [0.15, 0.2) is 0 Å². The van der Waals surface area contributed by atoms with E-state index in [0.29, 0.717) is 32.4 Å². The first-order chi connectivity index (χ1) is 14.6. The molecule has 0 unspecified atom stereocenters. The number of amides is 4. The van der Waals surface area contributed by atoms with E-state index in [2.05, 4.69) is 5.32 Å². The number of likely N-dealkylation sites (N-methyl/N-ethyl adjacent to an activating group) is 1. The number of carbonyl (C=O) groups is 5. The molecule has 0 aromatic rings. The van der Waals surface area contributed by atoms with Gasteiger partial charge in [-0.3, -0.25) is 19.2 Å². The monoisotopic (exact) mass is 436 g/mol. The van der Waals surface area contributed by atoms with E-state index in [0.717, 1.165) is 0 Å². The predicted octanol–water partition coefficient (Wildman–Crippen LogP) is -0.487. The van der Waals surface area contributed by atoms with E-state index in [1.165, 1.54) is 21.7 Å². The van der Waals surface area contributed by atoms with E-state index >= 15 is 0 Å². The second kappa shape index (κ2) is 9.23. The third-order valence-corrected chi connectivity index (χ3v) is 6.52. The summed E-state index contributed by atoms with van der Waals surface area (Å²) in [4.78, 5) is 68.3. The molecule has 0 aliphatic carbocycles. The Morgan fingerprint density at radius 1 is 0.968 bits per heavy atom. The highest BCUT2D eigenvalue weighted by molar-refractivity contribution is 5.95. The quantitative estimate of drug-likeness (QED) is 0.513. The molecular formula is C21H32N4O6. The third-order valence-electron chi connectivity index (χ3n) is 6.52. The molecule has 172 valence electrons. The second-order valence-electron chi connectivity index (χ2n) is 8.87. The molecule has 10 heteroatoms. The summed E-state index contributed by atoms with van der Waals surface area (Å²) in [5.41, 5.74) is 0. The van der Waals surface area contributed by atoms with Crippen molar-refractivity contribution in [1.82, 2.24) is 20.0 Å². The van der Waals surface area contributed by atoms with Gasteiger partial charge in [0.1, 0.15) is 30.8 Å². The van der Waals surface area contributed by atoms with E-state index < -0.39 is 36.0 Å². The number of ether oxygens (including phenoxy) is 1. The van der Waals surface area contributed by atoms with Gasteiger partial charge in [-0.2, -0.15) is 0 Å². The van der Waals surface area contributed by atoms with Gasteiger partial charge in [-0.15, -0.1) is 0 Å². The molecular weight excluding hydrogens is 404 g/mol. The summed E-state index contributed by atoms with van der Waals surface area (Å²) < 4.78 is 5.33. The lowest BCUT2D eigenvalue weighted by atomic mass is 10.1. The molecule has 1 N–H and O–H groups in total. The number of hydrogen-bond acceptors (Lipinski definition) is 6. The molecule has 0 saturated carbocycles. The van der Waals surface area contributed by atoms with Crippen molar-refractivity contribution in [1.29, 1.82) is 0 Å². The van der Waals surface area contributed by atoms with Crippen molar-refractivity contribution >= 4 is 29.6 Å². The second-order valence-corrected chi connectivity index (χ2v) is 8.87. The summed E-state index contributed by atoms with van der Waals surface area (Å²) in [6.45, 7) is 5.85. The highest BCUT2D eigenvalue weighted by Crippen LogP contribution is 2.25. The third kappa shape index (κ3) is 4.67. The zero-order valence-corrected chi connectivity index (χ0v) is 18.6. The minimum Gasteiger partial charge on any atom is -0.464 e. The summed E-state index contributed by atoms with van der Waals surface area (Å²) in [6.07, 6.45) is 1.66. The maximum absolute atomic E-state index is 13.0. The maximum atomic E-state index is 13.0. The molecule has 0 spiro atoms. The molecule has 3 saturated heterocycles. The van der Waals surface area contributed by atoms with Gasteiger partial charge in [-0.05, 0) is 39.0 Å². The van der Waals surface area contributed by atoms with Crippen LogP contribution in [0.25, 0.3) is 0 Å². The molecule has 0 aromatic carbocycles. The van der Waals surface area contributed by atoms with E-state index in [-0.39, 0.29) is 36.7 Å². The van der Waals surface area contributed by atoms with Gasteiger partial charge in [0.25, 0.3) is 0 Å². The number of rotatable bonds is 0. The van der Waals surface area contributed by atoms with Gasteiger partial charge in [0.2, 0.25) is 23.6 Å². The van der Waals surface area contributed by atoms with Crippen LogP contribution in [0.3, 0.4) is 0 Å². The van der Waals surface area contributed by atoms with E-state index in [4.69, 9.17) is 4.74 Å². The lowest BCUT2D eigenvalue weighted by Gasteiger charge is -2.32. The van der Waals surface area contributed by atoms with Crippen LogP contribution >= 0.6 is 0 Å². The molecule has 0 radical (unpaired) electrons. The molecule has 4 amide bonds. The van der Waals surface area contributed by atoms with Crippen molar-refractivity contribution in [2.45, 2.75) is 70.6 Å². The number of nitrogens with zero attached hydrogens (tertiary/aromatic N) is 3. The Kier molecular flexibility index (Phi) is 6.86. The lowest BCUT2D eigenvalue weighted by molar-refractivity contribution is -0.156. The average Bonchev–Trinajstić information content (AvgIpc) is 3.37. The average molecular weight is 437 g/mol. The summed E-state index contributed by atoms with van der Waals surface area (Å²) in [7, 11) is 1.53. The highest BCUT2D eigenvalue weighted by atomic mass is 16.5. The first-order valence-corrected chi connectivity index (χ1v) is 11.0. The number of carbonyl (C=O) groups excluding carboxylic acids is 5. The molecule has 3 aliphatic heterocycles. The summed E-state index contributed by atoms with van der Waals surface area (Å²) in [6, 6.07) is -3.03. The topological polar surface area (TPSA) is 116 Å². The van der Waals surface area contributed by atoms with Crippen LogP contribution < -0.4 is 5.32 Å². The van der Waals surface area contributed by atoms with Crippen molar-refractivity contribution in [3.05, 3.63) is 0 Å². The summed E-state index contributed by atoms with van der Waals surface area (Å²) in [5.74, 6) is -1.84. The Labute approximate surface area is 182 Å². The predicted molar refractivity (Wildman–Crippen MR) is 109 cm³/mol. The highest BCUT2D eigenvalue weighted by Gasteiger charge is 2.42. The van der Waals surface area contributed by atoms with Crippen LogP contribution in [0.2, 0.25) is 0 Å². The number of esters is 1. The van der Waals surface area contributed by atoms with Gasteiger partial charge in [0.05, 0.1) is 6.42 Å². The number of cyclic esters (lactones) is 1. The van der Waals surface area contributed by atoms with E-state index in [9.17, 15) is 24.0 Å². The molecule has 3 aliphatic rings. The van der Waals surface area contributed by atoms with Crippen LogP contribution in [0, 0.1) is 5.92 Å². The van der Waals surface area contributed by atoms with E-state index in [1.54, 1.807) is 13.8 Å². The minimum absolute atomic E-state index is 0.0259. The zero-order chi connectivity index (χ0) is 22.9. The first-order valence-electron chi connectivity index (χ1n) is 11.0. The number of nitrogens with one attached hydrogen (secondary N) is 1. The molecule has 31 heavy (non-hydrogen) atoms. The SMILES string of the molecule is C[C@@H]1C[C@H]2C(=O)OCCC(=O)N3CCC[C@H]3C(=O)N(C)[C@@H](C)C(=O)N[C@@H](C)C(=O)N2C1. The Balaban J connectivity index is 1.86. The molecule has 10 nitrogen and oxygen atoms in total. The molecule has 3 fully saturated rings. The van der Waals surface area contributed by atoms with Crippen LogP contribution in [-0.2, 0) is 28.7 Å². The fourth-order valence-corrected chi connectivity index (χ4v) is 4.56. The zero-order valence-electron chi connectivity index (χ0n) is 18.6. The summed E-state index contributed by atoms with van der Waals surface area (Å²) >= 11 is 0. The van der Waals surface area contributed by atoms with Gasteiger partial charge >= 0.3 is 5.97 Å². The lowest BCUT2D eigenvalue weighted by Crippen LogP contribution is -2.56. The van der Waals surface area contributed by atoms with Crippen LogP contribution in [0.15, 0.2) is 0 Å². The standard InChI is InChI=1S/C21H32N4O6/c1-12-10-16-21(30)31-9-7-17(26)24-8-5-6-15(24)20(29)23(4)14(3)18(27)22-13(2)19(28)25(16)11-12/h12-16H,5-11H2,1-4H3,(H,22,27)/t12-,13+,14+,15+,16+/m1/s1. The maximum Gasteiger partial charge on any atom is 0.328 e. The molecule has 0 aromatic heterocycles. The van der Waals surface area contributed by atoms with Gasteiger partial charge < -0.3 is 24.8 Å². The largest absolute Gasteiger partial charge is 0.464 e. The van der Waals surface area contributed by atoms with Crippen molar-refractivity contribution in [2.75, 3.05) is 26.7 Å². The normalized spacial score (nSPS) is 33.9. The number of hydrogen-bond donors (Lipinski definition) is 1. The fourth-order valence-electron chi connectivity index (χ4n) is 4.56. The number of fused-ring (bicyclic) bond motifs is 2. The van der Waals surface area contributed by atoms with Crippen LogP contribution in [-0.4, -0.2) is 95.2 Å². The van der Waals surface area contributed by atoms with Crippen molar-refractivity contribution in [2.24, 2.45) is 5.92 Å². The Morgan fingerprint density at radius 3 is 2.39 bits per heavy atom. The van der Waals surface area contributed by atoms with E-state index in [1.807, 2.05) is 6.92 Å². The van der Waals surface area contributed by atoms with Crippen LogP contribution in [0.5, 0.6) is 0 Å². The first kappa shape index (κ1) is 23.0. The molecule has 3 heterocycles. The van der Waals surface area contributed by atoms with Gasteiger partial charge in [0, 0.05) is 20.1 Å². The Morgan fingerprint density at radius 2 is 1.68 bits per heavy atom. The van der Waals surface area contributed by atoms with Gasteiger partial charge in [-0.25, -0.2) is 4.79 Å². The molecule has 5 atom stereocenters. The van der Waals surface area contributed by atoms with Gasteiger partial charge in [-0.1, -0.05) is 6.92 Å². The van der Waals surface area contributed by atoms with Crippen LogP contribution in [0.4, 0.5) is 0 Å². The minimum atomic E-state index is -0.850. The van der Waals surface area contributed by atoms with Crippen molar-refractivity contribution in [3.63, 3.8) is 0 Å². The molecule has 3 rings (SSSR count). The van der Waals surface area contributed by atoms with Crippen molar-refractivity contribution in [3.8, 4) is 0 Å². The summed E-state index contributed by atoms with van der Waals surface area (Å²) in [5, 5.41) is 2.67. The van der Waals surface area contributed by atoms with Crippen LogP contribution in [0.1, 0.15) is 46.5 Å². The molecule has 0 bridgehead atoms. The van der Waals surface area contributed by atoms with Crippen molar-refractivity contribution < 1.29 is 28.7 Å². The smallest absolute Gasteiger partial charge is 0.328 e. The fraction of sp³-hybridized carbons (Fsp3) is 0.762. The Bertz CT molecular complexity index is 771. The Hall–Kier alpha value is -2.65.